The molecule has 3 saturated heterocycles. The van der Waals surface area contributed by atoms with E-state index in [1.165, 1.54) is 12.1 Å². The first-order valence-electron chi connectivity index (χ1n) is 14.0. The molecule has 42 heavy (non-hydrogen) atoms. The van der Waals surface area contributed by atoms with E-state index in [0.717, 1.165) is 29.2 Å². The van der Waals surface area contributed by atoms with Gasteiger partial charge in [0.1, 0.15) is 23.7 Å². The van der Waals surface area contributed by atoms with E-state index in [0.29, 0.717) is 19.4 Å². The van der Waals surface area contributed by atoms with E-state index in [4.69, 9.17) is 0 Å². The zero-order chi connectivity index (χ0) is 30.0. The van der Waals surface area contributed by atoms with Crippen LogP contribution in [0.1, 0.15) is 49.7 Å². The van der Waals surface area contributed by atoms with Crippen molar-refractivity contribution in [3.05, 3.63) is 59.2 Å². The van der Waals surface area contributed by atoms with Crippen molar-refractivity contribution in [2.24, 2.45) is 11.8 Å². The van der Waals surface area contributed by atoms with E-state index in [9.17, 15) is 33.5 Å². The molecule has 5 atom stereocenters. The molecule has 220 valence electrons. The Balaban J connectivity index is 1.38. The topological polar surface area (TPSA) is 123 Å². The Bertz CT molecular complexity index is 1470. The van der Waals surface area contributed by atoms with Gasteiger partial charge in [-0.25, -0.2) is 17.6 Å². The summed E-state index contributed by atoms with van der Waals surface area (Å²) in [7, 11) is 0. The number of halogens is 4. The van der Waals surface area contributed by atoms with Crippen LogP contribution in [0, 0.1) is 34.8 Å². The fourth-order valence-corrected chi connectivity index (χ4v) is 7.21. The molecule has 3 aliphatic heterocycles. The second kappa shape index (κ2) is 10.1. The monoisotopic (exact) mass is 584 g/mol. The SMILES string of the molecule is N#C[C@@H](C[C@@H]1CCCNC1=O)NC(=O)[C@@H]1[C@@H]2CC[C@@H](CC2(F)F)N1C(=O)C1(O)c2cc(F)ccc2-c2ccc(F)cc21. The molecule has 3 amide bonds. The second-order valence-electron chi connectivity index (χ2n) is 11.6. The van der Waals surface area contributed by atoms with E-state index in [1.807, 2.05) is 6.07 Å². The highest BCUT2D eigenvalue weighted by Gasteiger charge is 2.63. The fourth-order valence-electron chi connectivity index (χ4n) is 7.21. The van der Waals surface area contributed by atoms with Gasteiger partial charge in [0.25, 0.3) is 11.8 Å². The Morgan fingerprint density at radius 2 is 1.74 bits per heavy atom. The summed E-state index contributed by atoms with van der Waals surface area (Å²) < 4.78 is 59.4. The summed E-state index contributed by atoms with van der Waals surface area (Å²) in [6.45, 7) is 0.499. The van der Waals surface area contributed by atoms with Gasteiger partial charge in [-0.05, 0) is 67.5 Å². The minimum absolute atomic E-state index is 0.0392. The first kappa shape index (κ1) is 28.2. The molecule has 0 radical (unpaired) electrons. The highest BCUT2D eigenvalue weighted by atomic mass is 19.3. The third-order valence-corrected chi connectivity index (χ3v) is 9.17. The molecule has 1 saturated carbocycles. The van der Waals surface area contributed by atoms with Crippen molar-refractivity contribution in [2.75, 3.05) is 6.54 Å². The molecule has 2 bridgehead atoms. The number of fused-ring (bicyclic) bond motifs is 6. The minimum atomic E-state index is -3.32. The van der Waals surface area contributed by atoms with Crippen LogP contribution in [0.2, 0.25) is 0 Å². The number of piperidine rings is 3. The van der Waals surface area contributed by atoms with Gasteiger partial charge in [0.2, 0.25) is 11.8 Å². The van der Waals surface area contributed by atoms with Crippen LogP contribution in [-0.4, -0.2) is 58.3 Å². The van der Waals surface area contributed by atoms with E-state index in [-0.39, 0.29) is 47.4 Å². The lowest BCUT2D eigenvalue weighted by Crippen LogP contribution is -2.70. The molecule has 5 aliphatic rings. The molecule has 8 nitrogen and oxygen atoms in total. The van der Waals surface area contributed by atoms with Gasteiger partial charge in [-0.1, -0.05) is 12.1 Å². The van der Waals surface area contributed by atoms with Crippen molar-refractivity contribution in [1.82, 2.24) is 15.5 Å². The van der Waals surface area contributed by atoms with Gasteiger partial charge in [-0.3, -0.25) is 14.4 Å². The van der Waals surface area contributed by atoms with Gasteiger partial charge in [0.05, 0.1) is 12.0 Å². The molecule has 2 aliphatic carbocycles. The summed E-state index contributed by atoms with van der Waals surface area (Å²) in [5.41, 5.74) is -2.48. The smallest absolute Gasteiger partial charge is 0.264 e. The predicted octanol–water partition coefficient (Wildman–Crippen LogP) is 3.12. The van der Waals surface area contributed by atoms with E-state index < -0.39 is 71.4 Å². The Morgan fingerprint density at radius 1 is 1.10 bits per heavy atom. The molecule has 3 N–H and O–H groups in total. The number of nitrogens with one attached hydrogen (secondary N) is 2. The molecule has 3 heterocycles. The summed E-state index contributed by atoms with van der Waals surface area (Å²) in [6, 6.07) is 4.60. The van der Waals surface area contributed by atoms with Crippen molar-refractivity contribution in [3.8, 4) is 17.2 Å². The number of aliphatic hydroxyl groups is 1. The molecular weight excluding hydrogens is 556 g/mol. The van der Waals surface area contributed by atoms with Crippen molar-refractivity contribution < 1.29 is 37.1 Å². The van der Waals surface area contributed by atoms with Gasteiger partial charge in [0.15, 0.2) is 5.60 Å². The van der Waals surface area contributed by atoms with Crippen LogP contribution >= 0.6 is 0 Å². The summed E-state index contributed by atoms with van der Waals surface area (Å²) in [4.78, 5) is 41.3. The summed E-state index contributed by atoms with van der Waals surface area (Å²) in [6.07, 6.45) is 0.432. The molecular formula is C30H28F4N4O4. The van der Waals surface area contributed by atoms with Crippen LogP contribution < -0.4 is 10.6 Å². The van der Waals surface area contributed by atoms with Gasteiger partial charge in [-0.2, -0.15) is 5.26 Å². The normalized spacial score (nSPS) is 27.3. The van der Waals surface area contributed by atoms with Crippen molar-refractivity contribution in [1.29, 1.82) is 5.26 Å². The third kappa shape index (κ3) is 4.33. The molecule has 2 aromatic carbocycles. The molecule has 0 unspecified atom stereocenters. The van der Waals surface area contributed by atoms with Crippen LogP contribution in [-0.2, 0) is 20.0 Å². The number of nitrogens with zero attached hydrogens (tertiary/aromatic N) is 2. The number of carbonyl (C=O) groups excluding carboxylic acids is 3. The summed E-state index contributed by atoms with van der Waals surface area (Å²) in [5, 5.41) is 27.0. The standard InChI is InChI=1S/C30H28F4N4O4/c31-16-3-6-20-21-7-4-17(32)12-24(21)30(42,23(20)11-16)28(41)38-19-5-8-22(29(33,34)13-19)25(38)27(40)37-18(14-35)10-15-2-1-9-36-26(15)39/h3-4,6-7,11-12,15,18-19,22,25,42H,1-2,5,8-10,13H2,(H,36,39)(H,37,40)/t15-,18+,19-,22-,25-/m0/s1. The zero-order valence-electron chi connectivity index (χ0n) is 22.4. The maximum absolute atomic E-state index is 15.2. The van der Waals surface area contributed by atoms with Gasteiger partial charge >= 0.3 is 0 Å². The van der Waals surface area contributed by atoms with E-state index in [1.54, 1.807) is 0 Å². The maximum atomic E-state index is 15.2. The summed E-state index contributed by atoms with van der Waals surface area (Å²) in [5.74, 6) is -9.48. The number of benzene rings is 2. The highest BCUT2D eigenvalue weighted by Crippen LogP contribution is 2.54. The van der Waals surface area contributed by atoms with Crippen LogP contribution in [0.15, 0.2) is 36.4 Å². The average Bonchev–Trinajstić information content (AvgIpc) is 3.20. The molecule has 0 spiro atoms. The van der Waals surface area contributed by atoms with E-state index >= 15 is 8.78 Å². The lowest BCUT2D eigenvalue weighted by Gasteiger charge is -2.54. The van der Waals surface area contributed by atoms with Gasteiger partial charge in [-0.15, -0.1) is 0 Å². The zero-order valence-corrected chi connectivity index (χ0v) is 22.4. The molecule has 2 aromatic rings. The van der Waals surface area contributed by atoms with Gasteiger partial charge < -0.3 is 20.6 Å². The molecule has 7 rings (SSSR count). The number of alkyl halides is 2. The first-order chi connectivity index (χ1) is 20.0. The van der Waals surface area contributed by atoms with Crippen LogP contribution in [0.5, 0.6) is 0 Å². The second-order valence-corrected chi connectivity index (χ2v) is 11.6. The van der Waals surface area contributed by atoms with Crippen molar-refractivity contribution in [3.63, 3.8) is 0 Å². The van der Waals surface area contributed by atoms with Crippen LogP contribution in [0.4, 0.5) is 17.6 Å². The predicted molar refractivity (Wildman–Crippen MR) is 139 cm³/mol. The fraction of sp³-hybridized carbons (Fsp3) is 0.467. The van der Waals surface area contributed by atoms with Crippen LogP contribution in [0.3, 0.4) is 0 Å². The Kier molecular flexibility index (Phi) is 6.76. The molecule has 4 fully saturated rings. The molecule has 12 heteroatoms. The van der Waals surface area contributed by atoms with Gasteiger partial charge in [0, 0.05) is 36.1 Å². The number of hydrogen-bond acceptors (Lipinski definition) is 5. The average molecular weight is 585 g/mol. The molecule has 0 aromatic heterocycles. The van der Waals surface area contributed by atoms with Crippen molar-refractivity contribution in [2.45, 2.75) is 68.2 Å². The lowest BCUT2D eigenvalue weighted by atomic mass is 9.70. The maximum Gasteiger partial charge on any atom is 0.264 e. The first-order valence-corrected chi connectivity index (χ1v) is 14.0. The Labute approximate surface area is 238 Å². The Hall–Kier alpha value is -3.98. The number of rotatable bonds is 5. The third-order valence-electron chi connectivity index (χ3n) is 9.17. The number of hydrogen-bond donors (Lipinski definition) is 3. The highest BCUT2D eigenvalue weighted by molar-refractivity contribution is 6.01. The Morgan fingerprint density at radius 3 is 2.31 bits per heavy atom. The largest absolute Gasteiger partial charge is 0.372 e. The number of nitriles is 1. The number of amides is 3. The van der Waals surface area contributed by atoms with Crippen LogP contribution in [0.25, 0.3) is 11.1 Å². The quantitative estimate of drug-likeness (QED) is 0.467. The minimum Gasteiger partial charge on any atom is -0.372 e. The van der Waals surface area contributed by atoms with Crippen molar-refractivity contribution >= 4 is 17.7 Å². The van der Waals surface area contributed by atoms with E-state index in [2.05, 4.69) is 10.6 Å². The number of carbonyl (C=O) groups is 3. The summed E-state index contributed by atoms with van der Waals surface area (Å²) >= 11 is 0. The lowest BCUT2D eigenvalue weighted by molar-refractivity contribution is -0.201.